The van der Waals surface area contributed by atoms with Crippen molar-refractivity contribution in [2.75, 3.05) is 0 Å². The van der Waals surface area contributed by atoms with Gasteiger partial charge in [0.1, 0.15) is 0 Å². The van der Waals surface area contributed by atoms with E-state index in [1.807, 2.05) is 0 Å². The van der Waals surface area contributed by atoms with E-state index < -0.39 is 0 Å². The highest BCUT2D eigenvalue weighted by Crippen LogP contribution is 2.32. The van der Waals surface area contributed by atoms with Gasteiger partial charge in [-0.25, -0.2) is 0 Å². The lowest BCUT2D eigenvalue weighted by Crippen LogP contribution is -2.08. The van der Waals surface area contributed by atoms with Crippen molar-refractivity contribution in [3.8, 4) is 0 Å². The van der Waals surface area contributed by atoms with E-state index in [-0.39, 0.29) is 0 Å². The molecular formula is C19H24O. The zero-order valence-corrected chi connectivity index (χ0v) is 12.2. The van der Waals surface area contributed by atoms with Crippen molar-refractivity contribution in [3.05, 3.63) is 41.0 Å². The number of hydrogen-bond donors (Lipinski definition) is 0. The summed E-state index contributed by atoms with van der Waals surface area (Å²) < 4.78 is 0. The van der Waals surface area contributed by atoms with Gasteiger partial charge in [-0.2, -0.15) is 0 Å². The zero-order chi connectivity index (χ0) is 13.8. The normalized spacial score (nSPS) is 23.2. The molecule has 0 unspecified atom stereocenters. The van der Waals surface area contributed by atoms with Crippen molar-refractivity contribution in [1.29, 1.82) is 0 Å². The molecule has 0 spiro atoms. The molecule has 0 aliphatic heterocycles. The predicted molar refractivity (Wildman–Crippen MR) is 83.7 cm³/mol. The lowest BCUT2D eigenvalue weighted by molar-refractivity contribution is -0.116. The molecule has 0 aromatic heterocycles. The van der Waals surface area contributed by atoms with Crippen LogP contribution < -0.4 is 0 Å². The third kappa shape index (κ3) is 3.20. The van der Waals surface area contributed by atoms with Crippen molar-refractivity contribution in [3.63, 3.8) is 0 Å². The third-order valence-electron chi connectivity index (χ3n) is 4.81. The van der Waals surface area contributed by atoms with Crippen LogP contribution in [0, 0.1) is 0 Å². The maximum absolute atomic E-state index is 11.8. The highest BCUT2D eigenvalue weighted by molar-refractivity contribution is 6.00. The molecule has 0 heterocycles. The van der Waals surface area contributed by atoms with Crippen molar-refractivity contribution in [1.82, 2.24) is 0 Å². The van der Waals surface area contributed by atoms with E-state index in [0.29, 0.717) is 5.78 Å². The van der Waals surface area contributed by atoms with Crippen LogP contribution in [0.25, 0.3) is 6.08 Å². The molecule has 3 rings (SSSR count). The number of Topliss-reactive ketones (excluding diaryl/α,β-unsaturated/α-hetero) is 1. The molecular weight excluding hydrogens is 244 g/mol. The van der Waals surface area contributed by atoms with E-state index in [1.54, 1.807) is 0 Å². The van der Waals surface area contributed by atoms with Gasteiger partial charge in [0, 0.05) is 6.42 Å². The van der Waals surface area contributed by atoms with Crippen LogP contribution in [0.3, 0.4) is 0 Å². The summed E-state index contributed by atoms with van der Waals surface area (Å²) in [6, 6.07) is 8.93. The van der Waals surface area contributed by atoms with Gasteiger partial charge in [-0.1, -0.05) is 43.5 Å². The van der Waals surface area contributed by atoms with E-state index in [2.05, 4.69) is 30.3 Å². The molecule has 0 saturated heterocycles. The average molecular weight is 268 g/mol. The topological polar surface area (TPSA) is 17.1 Å². The second-order valence-electron chi connectivity index (χ2n) is 6.30. The summed E-state index contributed by atoms with van der Waals surface area (Å²) in [5.74, 6) is 1.12. The Kier molecular flexibility index (Phi) is 4.34. The van der Waals surface area contributed by atoms with Crippen molar-refractivity contribution < 1.29 is 4.79 Å². The summed E-state index contributed by atoms with van der Waals surface area (Å²) in [7, 11) is 0. The Bertz CT molecular complexity index is 489. The molecule has 20 heavy (non-hydrogen) atoms. The fourth-order valence-electron chi connectivity index (χ4n) is 3.56. The Morgan fingerprint density at radius 3 is 2.25 bits per heavy atom. The molecule has 0 N–H and O–H groups in total. The van der Waals surface area contributed by atoms with Gasteiger partial charge in [0.15, 0.2) is 5.78 Å². The van der Waals surface area contributed by atoms with Gasteiger partial charge < -0.3 is 0 Å². The quantitative estimate of drug-likeness (QED) is 0.668. The van der Waals surface area contributed by atoms with E-state index in [9.17, 15) is 4.79 Å². The number of allylic oxidation sites excluding steroid dienone is 1. The highest BCUT2D eigenvalue weighted by atomic mass is 16.1. The number of rotatable bonds is 2. The Morgan fingerprint density at radius 1 is 0.850 bits per heavy atom. The molecule has 1 heteroatoms. The fourth-order valence-corrected chi connectivity index (χ4v) is 3.56. The second kappa shape index (κ2) is 6.39. The molecule has 2 aliphatic carbocycles. The molecule has 1 nitrogen and oxygen atoms in total. The van der Waals surface area contributed by atoms with Gasteiger partial charge >= 0.3 is 0 Å². The summed E-state index contributed by atoms with van der Waals surface area (Å²) in [5, 5.41) is 0. The first-order valence-electron chi connectivity index (χ1n) is 8.17. The molecule has 0 atom stereocenters. The standard InChI is InChI=1S/C19H24O/c20-19-9-5-4-8-18(19)14-15-10-12-17(13-11-15)16-6-2-1-3-7-16/h10-14,16H,1-9H2/b18-14-. The van der Waals surface area contributed by atoms with Crippen molar-refractivity contribution >= 4 is 11.9 Å². The molecule has 0 radical (unpaired) electrons. The van der Waals surface area contributed by atoms with E-state index >= 15 is 0 Å². The van der Waals surface area contributed by atoms with Crippen LogP contribution in [0.5, 0.6) is 0 Å². The summed E-state index contributed by atoms with van der Waals surface area (Å²) in [5.41, 5.74) is 3.71. The van der Waals surface area contributed by atoms with Crippen LogP contribution in [-0.2, 0) is 4.79 Å². The first-order valence-corrected chi connectivity index (χ1v) is 8.17. The van der Waals surface area contributed by atoms with E-state index in [0.717, 1.165) is 37.2 Å². The van der Waals surface area contributed by atoms with Gasteiger partial charge in [-0.3, -0.25) is 4.79 Å². The van der Waals surface area contributed by atoms with Crippen molar-refractivity contribution in [2.24, 2.45) is 0 Å². The molecule has 0 amide bonds. The Balaban J connectivity index is 1.72. The smallest absolute Gasteiger partial charge is 0.158 e. The monoisotopic (exact) mass is 268 g/mol. The first kappa shape index (κ1) is 13.6. The summed E-state index contributed by atoms with van der Waals surface area (Å²) >= 11 is 0. The summed E-state index contributed by atoms with van der Waals surface area (Å²) in [6.45, 7) is 0. The van der Waals surface area contributed by atoms with Crippen LogP contribution in [0.1, 0.15) is 74.8 Å². The largest absolute Gasteiger partial charge is 0.295 e. The SMILES string of the molecule is O=C1CCCC/C1=C/c1ccc(C2CCCCC2)cc1. The van der Waals surface area contributed by atoms with E-state index in [4.69, 9.17) is 0 Å². The molecule has 2 aliphatic rings. The van der Waals surface area contributed by atoms with Crippen molar-refractivity contribution in [2.45, 2.75) is 63.7 Å². The zero-order valence-electron chi connectivity index (χ0n) is 12.2. The van der Waals surface area contributed by atoms with E-state index in [1.165, 1.54) is 43.2 Å². The second-order valence-corrected chi connectivity index (χ2v) is 6.30. The Labute approximate surface area is 122 Å². The van der Waals surface area contributed by atoms with Crippen LogP contribution >= 0.6 is 0 Å². The molecule has 1 aromatic rings. The lowest BCUT2D eigenvalue weighted by atomic mass is 9.84. The summed E-state index contributed by atoms with van der Waals surface area (Å²) in [6.07, 6.45) is 12.9. The van der Waals surface area contributed by atoms with Gasteiger partial charge in [-0.05, 0) is 60.8 Å². The van der Waals surface area contributed by atoms with Gasteiger partial charge in [0.2, 0.25) is 0 Å². The minimum atomic E-state index is 0.354. The molecule has 106 valence electrons. The van der Waals surface area contributed by atoms with Crippen LogP contribution in [0.4, 0.5) is 0 Å². The first-order chi connectivity index (χ1) is 9.83. The van der Waals surface area contributed by atoms with Gasteiger partial charge in [0.05, 0.1) is 0 Å². The minimum absolute atomic E-state index is 0.354. The maximum atomic E-state index is 11.8. The predicted octanol–water partition coefficient (Wildman–Crippen LogP) is 5.26. The number of carbonyl (C=O) groups excluding carboxylic acids is 1. The van der Waals surface area contributed by atoms with Gasteiger partial charge in [-0.15, -0.1) is 0 Å². The summed E-state index contributed by atoms with van der Waals surface area (Å²) in [4.78, 5) is 11.8. The van der Waals surface area contributed by atoms with Crippen LogP contribution in [0.2, 0.25) is 0 Å². The maximum Gasteiger partial charge on any atom is 0.158 e. The molecule has 2 saturated carbocycles. The van der Waals surface area contributed by atoms with Gasteiger partial charge in [0.25, 0.3) is 0 Å². The number of carbonyl (C=O) groups is 1. The lowest BCUT2D eigenvalue weighted by Gasteiger charge is -2.22. The van der Waals surface area contributed by atoms with Crippen LogP contribution in [0.15, 0.2) is 29.8 Å². The average Bonchev–Trinajstić information content (AvgIpc) is 2.51. The Hall–Kier alpha value is -1.37. The highest BCUT2D eigenvalue weighted by Gasteiger charge is 2.16. The third-order valence-corrected chi connectivity index (χ3v) is 4.81. The molecule has 2 fully saturated rings. The minimum Gasteiger partial charge on any atom is -0.295 e. The number of hydrogen-bond acceptors (Lipinski definition) is 1. The number of ketones is 1. The van der Waals surface area contributed by atoms with Crippen LogP contribution in [-0.4, -0.2) is 5.78 Å². The fraction of sp³-hybridized carbons (Fsp3) is 0.526. The molecule has 0 bridgehead atoms. The number of benzene rings is 1. The Morgan fingerprint density at radius 2 is 1.55 bits per heavy atom. The molecule has 1 aromatic carbocycles.